The number of carbonyl (C=O) groups excluding carboxylic acids is 1. The summed E-state index contributed by atoms with van der Waals surface area (Å²) < 4.78 is 25.5. The van der Waals surface area contributed by atoms with Crippen molar-refractivity contribution in [3.05, 3.63) is 101 Å². The third-order valence-electron chi connectivity index (χ3n) is 11.1. The van der Waals surface area contributed by atoms with Gasteiger partial charge >= 0.3 is 6.03 Å². The summed E-state index contributed by atoms with van der Waals surface area (Å²) >= 11 is 0. The Morgan fingerprint density at radius 1 is 1.03 bits per heavy atom. The van der Waals surface area contributed by atoms with Crippen LogP contribution in [-0.4, -0.2) is 109 Å². The Kier molecular flexibility index (Phi) is 16.7. The van der Waals surface area contributed by atoms with E-state index in [4.69, 9.17) is 34.0 Å². The van der Waals surface area contributed by atoms with E-state index in [1.807, 2.05) is 18.2 Å². The number of oxime groups is 1. The number of amides is 2. The highest BCUT2D eigenvalue weighted by molar-refractivity contribution is 6.03. The van der Waals surface area contributed by atoms with Crippen molar-refractivity contribution in [1.82, 2.24) is 10.2 Å². The van der Waals surface area contributed by atoms with Crippen LogP contribution in [0, 0.1) is 27.9 Å². The van der Waals surface area contributed by atoms with Crippen LogP contribution >= 0.6 is 0 Å². The first-order valence-electron chi connectivity index (χ1n) is 20.1. The van der Waals surface area contributed by atoms with E-state index in [0.29, 0.717) is 42.2 Å². The van der Waals surface area contributed by atoms with Gasteiger partial charge in [-0.15, -0.1) is 6.58 Å². The molecule has 2 aliphatic carbocycles. The highest BCUT2D eigenvalue weighted by Gasteiger charge is 2.65. The molecule has 5 rings (SSSR count). The summed E-state index contributed by atoms with van der Waals surface area (Å²) in [5.74, 6) is -0.841. The predicted octanol–water partition coefficient (Wildman–Crippen LogP) is 5.64. The molecule has 1 saturated carbocycles. The maximum Gasteiger partial charge on any atom is 0.317 e. The minimum Gasteiger partial charge on any atom is -0.490 e. The highest BCUT2D eigenvalue weighted by atomic mass is 16.7. The zero-order valence-corrected chi connectivity index (χ0v) is 33.3. The topological polar surface area (TPSA) is 195 Å². The lowest BCUT2D eigenvalue weighted by Crippen LogP contribution is -2.70. The number of aliphatic hydroxyl groups is 3. The Bertz CT molecular complexity index is 1750. The number of rotatable bonds is 24. The molecule has 2 amide bonds. The fourth-order valence-corrected chi connectivity index (χ4v) is 8.53. The predicted molar refractivity (Wildman–Crippen MR) is 218 cm³/mol. The summed E-state index contributed by atoms with van der Waals surface area (Å²) in [6.45, 7) is 8.81. The third kappa shape index (κ3) is 10.4. The second-order valence-corrected chi connectivity index (χ2v) is 14.7. The lowest BCUT2D eigenvalue weighted by Gasteiger charge is -2.59. The van der Waals surface area contributed by atoms with Crippen molar-refractivity contribution < 1.29 is 48.8 Å². The van der Waals surface area contributed by atoms with Crippen molar-refractivity contribution in [3.63, 3.8) is 0 Å². The van der Waals surface area contributed by atoms with Crippen molar-refractivity contribution in [2.24, 2.45) is 22.9 Å². The number of nitrogens with one attached hydrogen (secondary N) is 1. The quantitative estimate of drug-likeness (QED) is 0.0444. The van der Waals surface area contributed by atoms with Crippen LogP contribution in [0.5, 0.6) is 11.5 Å². The van der Waals surface area contributed by atoms with E-state index in [1.54, 1.807) is 36.2 Å². The standard InChI is InChI=1S/C43H58N4O11/c1-4-22-55-33-16-17-38-36(27-33)40-34(11-7-9-20-49)31(10-6-8-19-48)26-35-37(45-57-29-30-12-14-32(15-13-30)47(52)53)28-39(43(58-38,41(35)40)56-23-5-2)46(3)42(51)44-18-24-54-25-21-50/h4-5,12-17,26-27,31,34,39-41,48-50H,1-2,6-11,18-25,28-29H2,3H3,(H,44,51). The molecule has 0 aromatic heterocycles. The first kappa shape index (κ1) is 44.3. The number of unbranched alkanes of at least 4 members (excludes halogenated alkanes) is 2. The maximum absolute atomic E-state index is 14.0. The molecule has 0 spiro atoms. The molecule has 4 N–H and O–H groups in total. The van der Waals surface area contributed by atoms with Gasteiger partial charge in [-0.2, -0.15) is 0 Å². The summed E-state index contributed by atoms with van der Waals surface area (Å²) in [6.07, 6.45) is 10.2. The number of ether oxygens (including phenoxy) is 4. The molecule has 0 bridgehead atoms. The van der Waals surface area contributed by atoms with Gasteiger partial charge in [0.15, 0.2) is 0 Å². The number of hydrogen-bond acceptors (Lipinski definition) is 12. The Morgan fingerprint density at radius 2 is 1.78 bits per heavy atom. The molecule has 15 nitrogen and oxygen atoms in total. The van der Waals surface area contributed by atoms with Gasteiger partial charge in [0.05, 0.1) is 43.0 Å². The Balaban J connectivity index is 1.67. The molecule has 2 aromatic carbocycles. The number of aliphatic hydroxyl groups excluding tert-OH is 3. The lowest BCUT2D eigenvalue weighted by atomic mass is 9.55. The molecule has 1 fully saturated rings. The van der Waals surface area contributed by atoms with Crippen LogP contribution in [0.3, 0.4) is 0 Å². The molecule has 15 heteroatoms. The molecular formula is C43H58N4O11. The molecule has 316 valence electrons. The van der Waals surface area contributed by atoms with Crippen molar-refractivity contribution >= 4 is 17.4 Å². The number of nitro groups is 1. The molecule has 2 aromatic rings. The van der Waals surface area contributed by atoms with Crippen LogP contribution < -0.4 is 14.8 Å². The molecular weight excluding hydrogens is 748 g/mol. The lowest BCUT2D eigenvalue weighted by molar-refractivity contribution is -0.384. The van der Waals surface area contributed by atoms with E-state index >= 15 is 0 Å². The second kappa shape index (κ2) is 21.8. The van der Waals surface area contributed by atoms with Crippen LogP contribution in [0.2, 0.25) is 0 Å². The zero-order valence-electron chi connectivity index (χ0n) is 33.3. The highest BCUT2D eigenvalue weighted by Crippen LogP contribution is 2.61. The normalized spacial score (nSPS) is 23.8. The van der Waals surface area contributed by atoms with Gasteiger partial charge in [-0.05, 0) is 79.0 Å². The number of urea groups is 1. The van der Waals surface area contributed by atoms with E-state index < -0.39 is 28.7 Å². The first-order valence-corrected chi connectivity index (χ1v) is 20.1. The molecule has 1 aliphatic heterocycles. The number of allylic oxidation sites excluding steroid dienone is 1. The Labute approximate surface area is 340 Å². The van der Waals surface area contributed by atoms with Crippen LogP contribution in [-0.2, 0) is 20.9 Å². The van der Waals surface area contributed by atoms with E-state index in [1.165, 1.54) is 12.1 Å². The van der Waals surface area contributed by atoms with Gasteiger partial charge < -0.3 is 49.3 Å². The number of non-ortho nitro benzene ring substituents is 1. The SMILES string of the molecule is C=CCOc1ccc2c(c1)C1C(CCCCO)C(CCCCO)C=C3C(=NOCc4ccc([N+](=O)[O-])cc4)CC(N(C)C(=O)NCCOCCO)C(OCC=C)(O2)C31. The fraction of sp³-hybridized carbons (Fsp3) is 0.535. The number of benzene rings is 2. The van der Waals surface area contributed by atoms with Crippen molar-refractivity contribution in [3.8, 4) is 11.5 Å². The van der Waals surface area contributed by atoms with Crippen LogP contribution in [0.25, 0.3) is 0 Å². The Morgan fingerprint density at radius 3 is 2.47 bits per heavy atom. The van der Waals surface area contributed by atoms with Crippen molar-refractivity contribution in [2.75, 3.05) is 59.8 Å². The van der Waals surface area contributed by atoms with E-state index in [0.717, 1.165) is 36.8 Å². The largest absolute Gasteiger partial charge is 0.490 e. The molecule has 6 atom stereocenters. The van der Waals surface area contributed by atoms with Crippen LogP contribution in [0.15, 0.2) is 84.6 Å². The first-order chi connectivity index (χ1) is 28.2. The fourth-order valence-electron chi connectivity index (χ4n) is 8.53. The summed E-state index contributed by atoms with van der Waals surface area (Å²) in [4.78, 5) is 32.4. The molecule has 6 unspecified atom stereocenters. The van der Waals surface area contributed by atoms with Crippen LogP contribution in [0.1, 0.15) is 62.0 Å². The maximum atomic E-state index is 14.0. The van der Waals surface area contributed by atoms with Crippen molar-refractivity contribution in [1.29, 1.82) is 0 Å². The number of likely N-dealkylation sites (N-methyl/N-ethyl adjacent to an activating group) is 1. The van der Waals surface area contributed by atoms with Gasteiger partial charge in [-0.1, -0.05) is 42.8 Å². The number of carbonyl (C=O) groups is 1. The number of nitrogens with zero attached hydrogens (tertiary/aromatic N) is 3. The number of fused-ring (bicyclic) bond motifs is 2. The summed E-state index contributed by atoms with van der Waals surface area (Å²) in [5.41, 5.74) is 3.07. The van der Waals surface area contributed by atoms with Gasteiger partial charge in [0.25, 0.3) is 5.69 Å². The molecule has 1 heterocycles. The van der Waals surface area contributed by atoms with Gasteiger partial charge in [-0.25, -0.2) is 4.79 Å². The average molecular weight is 807 g/mol. The van der Waals surface area contributed by atoms with Gasteiger partial charge in [-0.3, -0.25) is 10.1 Å². The van der Waals surface area contributed by atoms with Gasteiger partial charge in [0.2, 0.25) is 5.79 Å². The summed E-state index contributed by atoms with van der Waals surface area (Å²) in [7, 11) is 1.69. The van der Waals surface area contributed by atoms with Crippen molar-refractivity contribution in [2.45, 2.75) is 69.3 Å². The number of nitro benzene ring substituents is 1. The number of hydrogen-bond donors (Lipinski definition) is 4. The minimum atomic E-state index is -1.43. The smallest absolute Gasteiger partial charge is 0.317 e. The molecule has 3 aliphatic rings. The van der Waals surface area contributed by atoms with Gasteiger partial charge in [0, 0.05) is 56.8 Å². The second-order valence-electron chi connectivity index (χ2n) is 14.7. The Hall–Kier alpha value is -4.80. The molecule has 0 radical (unpaired) electrons. The molecule has 0 saturated heterocycles. The molecule has 58 heavy (non-hydrogen) atoms. The summed E-state index contributed by atoms with van der Waals surface area (Å²) in [6, 6.07) is 10.7. The summed E-state index contributed by atoms with van der Waals surface area (Å²) in [5, 5.41) is 47.7. The zero-order chi connectivity index (χ0) is 41.5. The third-order valence-corrected chi connectivity index (χ3v) is 11.1. The average Bonchev–Trinajstić information content (AvgIpc) is 3.23. The van der Waals surface area contributed by atoms with E-state index in [2.05, 4.69) is 24.6 Å². The minimum absolute atomic E-state index is 0.0304. The van der Waals surface area contributed by atoms with Gasteiger partial charge in [0.1, 0.15) is 30.8 Å². The van der Waals surface area contributed by atoms with Crippen LogP contribution in [0.4, 0.5) is 10.5 Å². The van der Waals surface area contributed by atoms with E-state index in [-0.39, 0.29) is 82.7 Å². The monoisotopic (exact) mass is 806 g/mol. The van der Waals surface area contributed by atoms with E-state index in [9.17, 15) is 25.1 Å².